The first-order valence-electron chi connectivity index (χ1n) is 27.5. The second-order valence-electron chi connectivity index (χ2n) is 20.8. The second-order valence-corrected chi connectivity index (χ2v) is 22.2. The smallest absolute Gasteiger partial charge is 0.264 e. The van der Waals surface area contributed by atoms with Gasteiger partial charge in [0.15, 0.2) is 0 Å². The molecule has 0 aliphatic carbocycles. The Bertz CT molecular complexity index is 2450. The average molecular weight is 1080 g/mol. The quantitative estimate of drug-likeness (QED) is 0.0354. The molecule has 0 fully saturated rings. The van der Waals surface area contributed by atoms with E-state index in [1.54, 1.807) is 19.6 Å². The number of benzene rings is 5. The van der Waals surface area contributed by atoms with E-state index in [2.05, 4.69) is 74.5 Å². The van der Waals surface area contributed by atoms with Crippen LogP contribution in [0.4, 0.5) is 0 Å². The molecule has 402 valence electrons. The second kappa shape index (κ2) is 31.4. The normalized spacial score (nSPS) is 11.2. The van der Waals surface area contributed by atoms with Crippen LogP contribution in [0.15, 0.2) is 72.8 Å². The summed E-state index contributed by atoms with van der Waals surface area (Å²) in [6, 6.07) is 25.8. The van der Waals surface area contributed by atoms with Crippen molar-refractivity contribution in [3.05, 3.63) is 83.9 Å². The monoisotopic (exact) mass is 1080 g/mol. The molecule has 0 bridgehead atoms. The Morgan fingerprint density at radius 3 is 0.851 bits per heavy atom. The topological polar surface area (TPSA) is 49.9 Å². The Labute approximate surface area is 467 Å². The van der Waals surface area contributed by atoms with Crippen LogP contribution in [0.25, 0.3) is 43.8 Å². The van der Waals surface area contributed by atoms with E-state index in [1.807, 2.05) is 68.5 Å². The van der Waals surface area contributed by atoms with Gasteiger partial charge in [0.25, 0.3) is 20.7 Å². The van der Waals surface area contributed by atoms with Gasteiger partial charge in [-0.05, 0) is 144 Å². The zero-order chi connectivity index (χ0) is 53.6. The van der Waals surface area contributed by atoms with Crippen molar-refractivity contribution in [1.82, 2.24) is 19.6 Å². The van der Waals surface area contributed by atoms with Gasteiger partial charge in [0.05, 0.1) is 0 Å². The number of hydrogen-bond donors (Lipinski definition) is 0. The first kappa shape index (κ1) is 60.2. The summed E-state index contributed by atoms with van der Waals surface area (Å²) in [5, 5.41) is 5.40. The van der Waals surface area contributed by atoms with Gasteiger partial charge in [-0.25, -0.2) is 0 Å². The molecule has 0 aliphatic heterocycles. The van der Waals surface area contributed by atoms with Crippen molar-refractivity contribution < 1.29 is 18.9 Å². The van der Waals surface area contributed by atoms with Gasteiger partial charge in [-0.15, -0.1) is 0 Å². The van der Waals surface area contributed by atoms with E-state index < -0.39 is 0 Å². The Morgan fingerprint density at radius 1 is 0.311 bits per heavy atom. The molecule has 8 nitrogen and oxygen atoms in total. The maximum Gasteiger partial charge on any atom is 0.264 e. The molecule has 0 saturated heterocycles. The Hall–Kier alpha value is -4.62. The lowest BCUT2D eigenvalue weighted by atomic mass is 9.93. The number of unbranched alkanes of at least 4 members (excludes halogenated alkanes) is 18. The van der Waals surface area contributed by atoms with Gasteiger partial charge >= 0.3 is 0 Å². The Morgan fingerprint density at radius 2 is 0.568 bits per heavy atom. The molecule has 0 aromatic heterocycles. The summed E-state index contributed by atoms with van der Waals surface area (Å²) in [7, 11) is 15.0. The minimum atomic E-state index is 0.275. The molecular formula is C62H86N4O4S4. The average Bonchev–Trinajstić information content (AvgIpc) is 3.37. The van der Waals surface area contributed by atoms with E-state index in [0.717, 1.165) is 58.4 Å². The van der Waals surface area contributed by atoms with Gasteiger partial charge in [-0.2, -0.15) is 0 Å². The van der Waals surface area contributed by atoms with Crippen molar-refractivity contribution in [3.8, 4) is 45.3 Å². The van der Waals surface area contributed by atoms with Crippen LogP contribution in [0.3, 0.4) is 0 Å². The molecule has 5 rings (SSSR count). The lowest BCUT2D eigenvalue weighted by Crippen LogP contribution is -2.26. The maximum atomic E-state index is 6.71. The Kier molecular flexibility index (Phi) is 25.6. The third kappa shape index (κ3) is 18.9. The molecule has 0 aliphatic rings. The molecule has 0 radical (unpaired) electrons. The van der Waals surface area contributed by atoms with E-state index in [1.165, 1.54) is 127 Å². The van der Waals surface area contributed by atoms with Crippen LogP contribution in [0.5, 0.6) is 23.0 Å². The lowest BCUT2D eigenvalue weighted by molar-refractivity contribution is 0.440. The third-order valence-corrected chi connectivity index (χ3v) is 15.3. The van der Waals surface area contributed by atoms with Crippen LogP contribution in [0, 0.1) is 0 Å². The predicted octanol–water partition coefficient (Wildman–Crippen LogP) is 17.2. The van der Waals surface area contributed by atoms with Crippen molar-refractivity contribution in [3.63, 3.8) is 0 Å². The maximum absolute atomic E-state index is 6.71. The van der Waals surface area contributed by atoms with Crippen LogP contribution in [-0.4, -0.2) is 96.7 Å². The van der Waals surface area contributed by atoms with E-state index in [0.29, 0.717) is 44.5 Å². The fourth-order valence-electron chi connectivity index (χ4n) is 9.08. The highest BCUT2D eigenvalue weighted by Crippen LogP contribution is 2.48. The molecule has 0 heterocycles. The zero-order valence-electron chi connectivity index (χ0n) is 46.5. The highest BCUT2D eigenvalue weighted by atomic mass is 32.1. The van der Waals surface area contributed by atoms with E-state index >= 15 is 0 Å². The van der Waals surface area contributed by atoms with Crippen LogP contribution in [0.1, 0.15) is 153 Å². The van der Waals surface area contributed by atoms with Crippen molar-refractivity contribution in [2.75, 3.05) is 56.4 Å². The molecule has 0 spiro atoms. The first-order chi connectivity index (χ1) is 35.6. The van der Waals surface area contributed by atoms with Crippen LogP contribution in [-0.2, 0) is 12.8 Å². The summed E-state index contributed by atoms with van der Waals surface area (Å²) < 4.78 is 26.6. The molecular weight excluding hydrogens is 993 g/mol. The molecule has 12 heteroatoms. The van der Waals surface area contributed by atoms with Crippen molar-refractivity contribution in [1.29, 1.82) is 0 Å². The van der Waals surface area contributed by atoms with Crippen LogP contribution in [0.2, 0.25) is 0 Å². The summed E-state index contributed by atoms with van der Waals surface area (Å²) in [5.74, 6) is 2.10. The van der Waals surface area contributed by atoms with E-state index in [-0.39, 0.29) is 10.3 Å². The van der Waals surface area contributed by atoms with Crippen LogP contribution < -0.4 is 18.9 Å². The molecule has 0 unspecified atom stereocenters. The molecule has 0 atom stereocenters. The number of nitrogens with zero attached hydrogens (tertiary/aromatic N) is 4. The summed E-state index contributed by atoms with van der Waals surface area (Å²) in [6.45, 7) is 4.55. The van der Waals surface area contributed by atoms with Crippen LogP contribution >= 0.6 is 48.9 Å². The summed E-state index contributed by atoms with van der Waals surface area (Å²) in [4.78, 5) is 7.12. The van der Waals surface area contributed by atoms with Gasteiger partial charge < -0.3 is 38.5 Å². The van der Waals surface area contributed by atoms with Gasteiger partial charge in [0.2, 0.25) is 0 Å². The fourth-order valence-corrected chi connectivity index (χ4v) is 9.44. The summed E-state index contributed by atoms with van der Waals surface area (Å²) in [5.41, 5.74) is 5.43. The highest BCUT2D eigenvalue weighted by molar-refractivity contribution is 7.80. The third-order valence-electron chi connectivity index (χ3n) is 13.6. The number of rotatable bonds is 28. The van der Waals surface area contributed by atoms with E-state index in [9.17, 15) is 0 Å². The van der Waals surface area contributed by atoms with Gasteiger partial charge in [-0.1, -0.05) is 166 Å². The molecule has 0 N–H and O–H groups in total. The summed E-state index contributed by atoms with van der Waals surface area (Å²) >= 11 is 23.4. The summed E-state index contributed by atoms with van der Waals surface area (Å²) in [6.07, 6.45) is 28.3. The largest absolute Gasteiger partial charge is 0.431 e. The number of fused-ring (bicyclic) bond motifs is 2. The number of thiocarbonyl (C=S) groups is 4. The van der Waals surface area contributed by atoms with Crippen molar-refractivity contribution >= 4 is 91.1 Å². The first-order valence-corrected chi connectivity index (χ1v) is 29.1. The highest BCUT2D eigenvalue weighted by Gasteiger charge is 2.25. The number of hydrogen-bond acceptors (Lipinski definition) is 8. The van der Waals surface area contributed by atoms with Crippen molar-refractivity contribution in [2.45, 2.75) is 155 Å². The predicted molar refractivity (Wildman–Crippen MR) is 331 cm³/mol. The standard InChI is InChI=1S/C62H86N4O4S4/c1-11-13-15-17-19-21-23-25-27-29-31-45-33-35-47-39-51(55(41-49(47)37-45)67-59(71)63(3)4)53-43-58(70-62(74)66(9)10)54(44-57(53)69-61(73)65(7)8)52-40-48-36-34-46(32-30-28-26-24-22-20-18-16-14-12-2)38-50(48)42-56(52)68-60(72)64(5)6/h33-44H,11-32H2,1-10H3. The molecule has 0 saturated carbocycles. The number of aryl methyl sites for hydroxylation is 2. The van der Waals surface area contributed by atoms with Crippen molar-refractivity contribution in [2.24, 2.45) is 0 Å². The number of ether oxygens (including phenoxy) is 4. The minimum Gasteiger partial charge on any atom is -0.431 e. The molecule has 5 aromatic carbocycles. The van der Waals surface area contributed by atoms with Gasteiger partial charge in [0.1, 0.15) is 23.0 Å². The molecule has 74 heavy (non-hydrogen) atoms. The van der Waals surface area contributed by atoms with Gasteiger partial charge in [-0.3, -0.25) is 0 Å². The van der Waals surface area contributed by atoms with Gasteiger partial charge in [0, 0.05) is 78.6 Å². The SMILES string of the molecule is CCCCCCCCCCCCc1ccc2cc(-c3cc(OC(=S)N(C)C)c(-c4cc5ccc(CCCCCCCCCCCC)cc5cc4OC(=S)N(C)C)cc3OC(=S)N(C)C)c(OC(=S)N(C)C)cc2c1. The fraction of sp³-hybridized carbons (Fsp3) is 0.516. The zero-order valence-corrected chi connectivity index (χ0v) is 49.8. The molecule has 5 aromatic rings. The Balaban J connectivity index is 1.58. The lowest BCUT2D eigenvalue weighted by Gasteiger charge is -2.24. The minimum absolute atomic E-state index is 0.275. The van der Waals surface area contributed by atoms with E-state index in [4.69, 9.17) is 67.8 Å². The molecule has 0 amide bonds.